The highest BCUT2D eigenvalue weighted by molar-refractivity contribution is 5.19. The Balaban J connectivity index is 2.81. The highest BCUT2D eigenvalue weighted by Gasteiger charge is 2.03. The zero-order valence-corrected chi connectivity index (χ0v) is 5.93. The molecule has 1 atom stereocenters. The van der Waals surface area contributed by atoms with Crippen LogP contribution in [-0.2, 0) is 0 Å². The quantitative estimate of drug-likeness (QED) is 0.695. The lowest BCUT2D eigenvalue weighted by Crippen LogP contribution is -2.11. The molecule has 0 aliphatic rings. The molecule has 0 heterocycles. The molecular weight excluding hydrogens is 148 g/mol. The lowest BCUT2D eigenvalue weighted by atomic mass is 10.1. The molecule has 1 rings (SSSR count). The third-order valence-electron chi connectivity index (χ3n) is 1.46. The Morgan fingerprint density at radius 1 is 1.27 bits per heavy atom. The van der Waals surface area contributed by atoms with E-state index in [-0.39, 0.29) is 5.82 Å². The number of halogens is 2. The zero-order chi connectivity index (χ0) is 8.27. The number of rotatable bonds is 2. The first-order valence-electron chi connectivity index (χ1n) is 3.31. The zero-order valence-electron chi connectivity index (χ0n) is 5.93. The average molecular weight is 157 g/mol. The van der Waals surface area contributed by atoms with E-state index in [4.69, 9.17) is 5.73 Å². The van der Waals surface area contributed by atoms with Gasteiger partial charge in [0.25, 0.3) is 0 Å². The van der Waals surface area contributed by atoms with Gasteiger partial charge in [-0.3, -0.25) is 0 Å². The van der Waals surface area contributed by atoms with Crippen molar-refractivity contribution in [2.24, 2.45) is 5.73 Å². The van der Waals surface area contributed by atoms with Gasteiger partial charge in [-0.15, -0.1) is 0 Å². The van der Waals surface area contributed by atoms with Gasteiger partial charge in [0.15, 0.2) is 0 Å². The maximum atomic E-state index is 12.3. The summed E-state index contributed by atoms with van der Waals surface area (Å²) in [6.45, 7) is -0.619. The number of alkyl halides is 1. The molecule has 1 unspecified atom stereocenters. The number of nitrogens with two attached hydrogens (primary N) is 1. The summed E-state index contributed by atoms with van der Waals surface area (Å²) >= 11 is 0. The summed E-state index contributed by atoms with van der Waals surface area (Å²) in [6, 6.07) is 4.88. The fourth-order valence-electron chi connectivity index (χ4n) is 0.799. The van der Waals surface area contributed by atoms with Crippen LogP contribution in [0.25, 0.3) is 0 Å². The Morgan fingerprint density at radius 2 is 1.82 bits per heavy atom. The Kier molecular flexibility index (Phi) is 2.54. The van der Waals surface area contributed by atoms with Crippen molar-refractivity contribution in [3.05, 3.63) is 35.6 Å². The SMILES string of the molecule is NC(CF)c1ccc(F)cc1. The van der Waals surface area contributed by atoms with Crippen molar-refractivity contribution in [2.45, 2.75) is 6.04 Å². The van der Waals surface area contributed by atoms with Crippen LogP contribution in [0.5, 0.6) is 0 Å². The molecule has 0 saturated heterocycles. The normalized spacial score (nSPS) is 13.0. The lowest BCUT2D eigenvalue weighted by Gasteiger charge is -2.05. The van der Waals surface area contributed by atoms with Crippen molar-refractivity contribution in [3.8, 4) is 0 Å². The lowest BCUT2D eigenvalue weighted by molar-refractivity contribution is 0.437. The monoisotopic (exact) mass is 157 g/mol. The van der Waals surface area contributed by atoms with Crippen LogP contribution in [0.2, 0.25) is 0 Å². The fourth-order valence-corrected chi connectivity index (χ4v) is 0.799. The standard InChI is InChI=1S/C8H9F2N/c9-5-8(11)6-1-3-7(10)4-2-6/h1-4,8H,5,11H2. The summed E-state index contributed by atoms with van der Waals surface area (Å²) in [4.78, 5) is 0. The third-order valence-corrected chi connectivity index (χ3v) is 1.46. The molecule has 1 aromatic rings. The van der Waals surface area contributed by atoms with Crippen LogP contribution >= 0.6 is 0 Å². The van der Waals surface area contributed by atoms with Crippen molar-refractivity contribution in [2.75, 3.05) is 6.67 Å². The topological polar surface area (TPSA) is 26.0 Å². The molecule has 2 N–H and O–H groups in total. The molecule has 1 nitrogen and oxygen atoms in total. The Labute approximate surface area is 63.8 Å². The van der Waals surface area contributed by atoms with Gasteiger partial charge < -0.3 is 5.73 Å². The first-order chi connectivity index (χ1) is 5.24. The second-order valence-corrected chi connectivity index (χ2v) is 2.31. The van der Waals surface area contributed by atoms with E-state index in [2.05, 4.69) is 0 Å². The van der Waals surface area contributed by atoms with Gasteiger partial charge >= 0.3 is 0 Å². The molecule has 0 aliphatic heterocycles. The molecule has 0 fully saturated rings. The minimum absolute atomic E-state index is 0.334. The van der Waals surface area contributed by atoms with Crippen LogP contribution in [0, 0.1) is 5.82 Å². The average Bonchev–Trinajstić information content (AvgIpc) is 2.05. The molecule has 0 saturated carbocycles. The van der Waals surface area contributed by atoms with E-state index in [1.807, 2.05) is 0 Å². The summed E-state index contributed by atoms with van der Waals surface area (Å²) in [7, 11) is 0. The number of hydrogen-bond acceptors (Lipinski definition) is 1. The van der Waals surface area contributed by atoms with E-state index in [0.717, 1.165) is 0 Å². The maximum absolute atomic E-state index is 12.3. The molecule has 60 valence electrons. The summed E-state index contributed by atoms with van der Waals surface area (Å²) < 4.78 is 24.3. The molecule has 0 aliphatic carbocycles. The highest BCUT2D eigenvalue weighted by atomic mass is 19.1. The smallest absolute Gasteiger partial charge is 0.123 e. The van der Waals surface area contributed by atoms with Crippen LogP contribution in [0.4, 0.5) is 8.78 Å². The van der Waals surface area contributed by atoms with E-state index < -0.39 is 12.7 Å². The van der Waals surface area contributed by atoms with Crippen LogP contribution in [0.1, 0.15) is 11.6 Å². The van der Waals surface area contributed by atoms with Crippen molar-refractivity contribution >= 4 is 0 Å². The first kappa shape index (κ1) is 8.14. The van der Waals surface area contributed by atoms with Crippen molar-refractivity contribution in [1.82, 2.24) is 0 Å². The van der Waals surface area contributed by atoms with Gasteiger partial charge in [-0.25, -0.2) is 8.78 Å². The summed E-state index contributed by atoms with van der Waals surface area (Å²) in [6.07, 6.45) is 0. The predicted octanol–water partition coefficient (Wildman–Crippen LogP) is 1.79. The van der Waals surface area contributed by atoms with E-state index in [0.29, 0.717) is 5.56 Å². The molecule has 0 spiro atoms. The predicted molar refractivity (Wildman–Crippen MR) is 39.3 cm³/mol. The second-order valence-electron chi connectivity index (χ2n) is 2.31. The maximum Gasteiger partial charge on any atom is 0.123 e. The van der Waals surface area contributed by atoms with Gasteiger partial charge in [0.05, 0.1) is 6.04 Å². The van der Waals surface area contributed by atoms with Gasteiger partial charge in [-0.1, -0.05) is 12.1 Å². The van der Waals surface area contributed by atoms with Crippen LogP contribution < -0.4 is 5.73 Å². The van der Waals surface area contributed by atoms with E-state index in [1.54, 1.807) is 0 Å². The summed E-state index contributed by atoms with van der Waals surface area (Å²) in [5.41, 5.74) is 5.97. The first-order valence-corrected chi connectivity index (χ1v) is 3.31. The van der Waals surface area contributed by atoms with Crippen molar-refractivity contribution in [3.63, 3.8) is 0 Å². The van der Waals surface area contributed by atoms with Crippen LogP contribution in [-0.4, -0.2) is 6.67 Å². The van der Waals surface area contributed by atoms with Crippen LogP contribution in [0.15, 0.2) is 24.3 Å². The molecule has 0 bridgehead atoms. The molecule has 11 heavy (non-hydrogen) atoms. The Hall–Kier alpha value is -0.960. The van der Waals surface area contributed by atoms with Crippen molar-refractivity contribution < 1.29 is 8.78 Å². The van der Waals surface area contributed by atoms with E-state index in [1.165, 1.54) is 24.3 Å². The second kappa shape index (κ2) is 3.44. The highest BCUT2D eigenvalue weighted by Crippen LogP contribution is 2.10. The minimum atomic E-state index is -0.629. The molecule has 1 aromatic carbocycles. The fraction of sp³-hybridized carbons (Fsp3) is 0.250. The van der Waals surface area contributed by atoms with Gasteiger partial charge in [-0.05, 0) is 17.7 Å². The van der Waals surface area contributed by atoms with Crippen molar-refractivity contribution in [1.29, 1.82) is 0 Å². The summed E-state index contributed by atoms with van der Waals surface area (Å²) in [5, 5.41) is 0. The molecule has 0 aromatic heterocycles. The summed E-state index contributed by atoms with van der Waals surface area (Å²) in [5.74, 6) is -0.334. The van der Waals surface area contributed by atoms with E-state index in [9.17, 15) is 8.78 Å². The number of hydrogen-bond donors (Lipinski definition) is 1. The van der Waals surface area contributed by atoms with Gasteiger partial charge in [-0.2, -0.15) is 0 Å². The van der Waals surface area contributed by atoms with Gasteiger partial charge in [0.1, 0.15) is 12.5 Å². The molecular formula is C8H9F2N. The largest absolute Gasteiger partial charge is 0.322 e. The molecule has 0 radical (unpaired) electrons. The number of benzene rings is 1. The third kappa shape index (κ3) is 1.98. The molecule has 3 heteroatoms. The van der Waals surface area contributed by atoms with Gasteiger partial charge in [0.2, 0.25) is 0 Å². The molecule has 0 amide bonds. The van der Waals surface area contributed by atoms with E-state index >= 15 is 0 Å². The Bertz CT molecular complexity index is 220. The van der Waals surface area contributed by atoms with Crippen LogP contribution in [0.3, 0.4) is 0 Å². The van der Waals surface area contributed by atoms with Gasteiger partial charge in [0, 0.05) is 0 Å². The minimum Gasteiger partial charge on any atom is -0.322 e. The Morgan fingerprint density at radius 3 is 2.27 bits per heavy atom.